The number of imidazole rings is 1. The summed E-state index contributed by atoms with van der Waals surface area (Å²) in [6.07, 6.45) is 5.37. The van der Waals surface area contributed by atoms with Crippen LogP contribution >= 0.6 is 0 Å². The highest BCUT2D eigenvalue weighted by atomic mass is 16.5. The summed E-state index contributed by atoms with van der Waals surface area (Å²) in [5, 5.41) is 9.56. The summed E-state index contributed by atoms with van der Waals surface area (Å²) in [5.74, 6) is 0.671. The molecule has 8 nitrogen and oxygen atoms in total. The van der Waals surface area contributed by atoms with Gasteiger partial charge in [0.15, 0.2) is 0 Å². The van der Waals surface area contributed by atoms with Gasteiger partial charge < -0.3 is 24.0 Å². The number of hydrogen-bond donors (Lipinski definition) is 1. The summed E-state index contributed by atoms with van der Waals surface area (Å²) in [6, 6.07) is 12.9. The molecule has 1 atom stereocenters. The average molecular weight is 532 g/mol. The second kappa shape index (κ2) is 11.0. The van der Waals surface area contributed by atoms with Crippen molar-refractivity contribution < 1.29 is 24.2 Å². The smallest absolute Gasteiger partial charge is 0.409 e. The summed E-state index contributed by atoms with van der Waals surface area (Å²) in [6.45, 7) is 3.42. The van der Waals surface area contributed by atoms with Crippen LogP contribution in [0, 0.1) is 5.92 Å². The maximum Gasteiger partial charge on any atom is 0.409 e. The van der Waals surface area contributed by atoms with Gasteiger partial charge in [-0.2, -0.15) is 0 Å². The van der Waals surface area contributed by atoms with Crippen LogP contribution < -0.4 is 0 Å². The van der Waals surface area contributed by atoms with Crippen molar-refractivity contribution in [2.24, 2.45) is 5.92 Å². The Balaban J connectivity index is 1.46. The fourth-order valence-electron chi connectivity index (χ4n) is 6.85. The summed E-state index contributed by atoms with van der Waals surface area (Å²) >= 11 is 0. The fraction of sp³-hybridized carbons (Fsp3) is 0.516. The number of aliphatic carboxylic acids is 1. The van der Waals surface area contributed by atoms with E-state index in [-0.39, 0.29) is 17.9 Å². The summed E-state index contributed by atoms with van der Waals surface area (Å²) in [5.41, 5.74) is 7.15. The van der Waals surface area contributed by atoms with Crippen LogP contribution in [0.3, 0.4) is 0 Å². The van der Waals surface area contributed by atoms with E-state index in [1.807, 2.05) is 6.07 Å². The Morgan fingerprint density at radius 2 is 1.87 bits per heavy atom. The minimum atomic E-state index is -0.688. The van der Waals surface area contributed by atoms with Crippen molar-refractivity contribution >= 4 is 23.1 Å². The molecule has 1 aliphatic carbocycles. The molecule has 1 aromatic heterocycles. The predicted octanol–water partition coefficient (Wildman–Crippen LogP) is 5.27. The Morgan fingerprint density at radius 1 is 1.08 bits per heavy atom. The number of benzene rings is 2. The number of carbonyl (C=O) groups excluding carboxylic acids is 1. The van der Waals surface area contributed by atoms with Gasteiger partial charge in [0, 0.05) is 37.1 Å². The number of ether oxygens (including phenoxy) is 2. The summed E-state index contributed by atoms with van der Waals surface area (Å²) in [4.78, 5) is 31.3. The Hall–Kier alpha value is -3.39. The molecule has 3 aliphatic rings. The van der Waals surface area contributed by atoms with E-state index in [2.05, 4.69) is 34.9 Å². The van der Waals surface area contributed by atoms with Crippen LogP contribution in [0.4, 0.5) is 4.79 Å². The second-order valence-electron chi connectivity index (χ2n) is 11.2. The van der Waals surface area contributed by atoms with Crippen LogP contribution in [0.5, 0.6) is 0 Å². The topological polar surface area (TPSA) is 93.9 Å². The Kier molecular flexibility index (Phi) is 7.30. The first-order chi connectivity index (χ1) is 19.0. The van der Waals surface area contributed by atoms with E-state index in [1.165, 1.54) is 23.8 Å². The van der Waals surface area contributed by atoms with Gasteiger partial charge in [-0.05, 0) is 67.7 Å². The number of nitrogens with zero attached hydrogens (tertiary/aromatic N) is 3. The van der Waals surface area contributed by atoms with Crippen molar-refractivity contribution in [3.63, 3.8) is 0 Å². The first-order valence-electron chi connectivity index (χ1n) is 14.3. The number of hydrogen-bond acceptors (Lipinski definition) is 5. The Bertz CT molecular complexity index is 1350. The highest BCUT2D eigenvalue weighted by molar-refractivity contribution is 5.84. The van der Waals surface area contributed by atoms with Gasteiger partial charge in [0.05, 0.1) is 37.2 Å². The van der Waals surface area contributed by atoms with Gasteiger partial charge in [-0.1, -0.05) is 30.3 Å². The number of rotatable bonds is 6. The van der Waals surface area contributed by atoms with Crippen LogP contribution in [-0.2, 0) is 40.2 Å². The van der Waals surface area contributed by atoms with Crippen molar-refractivity contribution in [3.05, 3.63) is 64.5 Å². The lowest BCUT2D eigenvalue weighted by atomic mass is 9.81. The van der Waals surface area contributed by atoms with E-state index in [0.717, 1.165) is 74.3 Å². The van der Waals surface area contributed by atoms with Gasteiger partial charge in [0.2, 0.25) is 0 Å². The number of aromatic nitrogens is 2. The molecular weight excluding hydrogens is 494 g/mol. The third-order valence-electron chi connectivity index (χ3n) is 9.02. The molecule has 1 saturated heterocycles. The van der Waals surface area contributed by atoms with E-state index < -0.39 is 5.97 Å². The van der Waals surface area contributed by atoms with E-state index in [4.69, 9.17) is 14.5 Å². The molecule has 39 heavy (non-hydrogen) atoms. The van der Waals surface area contributed by atoms with Crippen LogP contribution in [0.25, 0.3) is 11.0 Å². The van der Waals surface area contributed by atoms with Gasteiger partial charge >= 0.3 is 12.1 Å². The Morgan fingerprint density at radius 3 is 2.56 bits per heavy atom. The zero-order valence-corrected chi connectivity index (χ0v) is 22.6. The summed E-state index contributed by atoms with van der Waals surface area (Å²) < 4.78 is 13.3. The van der Waals surface area contributed by atoms with Crippen LogP contribution in [0.15, 0.2) is 36.4 Å². The normalized spacial score (nSPS) is 23.1. The number of aryl methyl sites for hydroxylation is 2. The van der Waals surface area contributed by atoms with Gasteiger partial charge in [0.25, 0.3) is 0 Å². The molecule has 0 unspecified atom stereocenters. The van der Waals surface area contributed by atoms with E-state index in [0.29, 0.717) is 31.8 Å². The van der Waals surface area contributed by atoms with E-state index in [9.17, 15) is 14.7 Å². The molecule has 3 heterocycles. The van der Waals surface area contributed by atoms with Crippen molar-refractivity contribution in [1.29, 1.82) is 0 Å². The maximum atomic E-state index is 12.5. The number of methoxy groups -OCH3 is 1. The highest BCUT2D eigenvalue weighted by Gasteiger charge is 2.34. The van der Waals surface area contributed by atoms with Gasteiger partial charge in [-0.3, -0.25) is 4.79 Å². The molecule has 1 amide bonds. The third kappa shape index (κ3) is 5.02. The Labute approximate surface area is 228 Å². The lowest BCUT2D eigenvalue weighted by Crippen LogP contribution is -2.36. The van der Waals surface area contributed by atoms with Gasteiger partial charge in [-0.15, -0.1) is 0 Å². The molecule has 2 aliphatic heterocycles. The van der Waals surface area contributed by atoms with Crippen molar-refractivity contribution in [2.45, 2.75) is 69.9 Å². The fourth-order valence-corrected chi connectivity index (χ4v) is 6.85. The second-order valence-corrected chi connectivity index (χ2v) is 11.2. The molecule has 0 bridgehead atoms. The first kappa shape index (κ1) is 25.9. The number of amides is 1. The minimum Gasteiger partial charge on any atom is -0.481 e. The van der Waals surface area contributed by atoms with Crippen molar-refractivity contribution in [2.75, 3.05) is 26.9 Å². The molecule has 0 radical (unpaired) electrons. The quantitative estimate of drug-likeness (QED) is 0.466. The molecular formula is C31H37N3O5. The predicted molar refractivity (Wildman–Crippen MR) is 147 cm³/mol. The maximum absolute atomic E-state index is 12.5. The molecule has 6 rings (SSSR count). The minimum absolute atomic E-state index is 0.220. The van der Waals surface area contributed by atoms with E-state index in [1.54, 1.807) is 4.90 Å². The largest absolute Gasteiger partial charge is 0.481 e. The van der Waals surface area contributed by atoms with E-state index >= 15 is 0 Å². The third-order valence-corrected chi connectivity index (χ3v) is 9.02. The molecule has 0 spiro atoms. The monoisotopic (exact) mass is 531 g/mol. The molecule has 2 fully saturated rings. The van der Waals surface area contributed by atoms with Gasteiger partial charge in [0.1, 0.15) is 5.82 Å². The SMILES string of the molecule is COC(=O)N1CCc2c([C@@H]3CCOC3)cc3c(nc([C@H]4CC[C@H](C(=O)O)CC4)n3CCc3ccccc3)c2C1. The molecule has 3 aromatic rings. The van der Waals surface area contributed by atoms with Crippen LogP contribution in [0.2, 0.25) is 0 Å². The van der Waals surface area contributed by atoms with Crippen LogP contribution in [-0.4, -0.2) is 58.5 Å². The molecule has 206 valence electrons. The highest BCUT2D eigenvalue weighted by Crippen LogP contribution is 2.41. The number of carboxylic acids is 1. The first-order valence-corrected chi connectivity index (χ1v) is 14.3. The van der Waals surface area contributed by atoms with Crippen molar-refractivity contribution in [3.8, 4) is 0 Å². The average Bonchev–Trinajstić information content (AvgIpc) is 3.64. The number of carbonyl (C=O) groups is 2. The molecule has 2 aromatic carbocycles. The standard InChI is InChI=1S/C31H37N3O5/c1-38-31(37)33-14-12-24-25(23-13-16-39-19-23)17-27-28(26(24)18-33)32-29(21-7-9-22(10-8-21)30(35)36)34(27)15-11-20-5-3-2-4-6-20/h2-6,17,21-23H,7-16,18-19H2,1H3,(H,35,36)/t21-,22-,23-/m1/s1. The van der Waals surface area contributed by atoms with Gasteiger partial charge in [-0.25, -0.2) is 9.78 Å². The molecule has 8 heteroatoms. The zero-order valence-electron chi connectivity index (χ0n) is 22.6. The number of fused-ring (bicyclic) bond motifs is 3. The zero-order chi connectivity index (χ0) is 26.9. The van der Waals surface area contributed by atoms with Crippen LogP contribution in [0.1, 0.15) is 72.0 Å². The summed E-state index contributed by atoms with van der Waals surface area (Å²) in [7, 11) is 1.43. The van der Waals surface area contributed by atoms with Crippen molar-refractivity contribution in [1.82, 2.24) is 14.5 Å². The molecule has 1 saturated carbocycles. The lowest BCUT2D eigenvalue weighted by molar-refractivity contribution is -0.142. The molecule has 1 N–H and O–H groups in total. The lowest BCUT2D eigenvalue weighted by Gasteiger charge is -2.30. The number of carboxylic acid groups (broad SMARTS) is 1.